The Morgan fingerprint density at radius 2 is 1.81 bits per heavy atom. The van der Waals surface area contributed by atoms with Crippen molar-refractivity contribution < 1.29 is 9.47 Å². The lowest BCUT2D eigenvalue weighted by Crippen LogP contribution is -2.46. The predicted octanol–water partition coefficient (Wildman–Crippen LogP) is 3.60. The zero-order chi connectivity index (χ0) is 18.5. The third-order valence-corrected chi connectivity index (χ3v) is 5.58. The van der Waals surface area contributed by atoms with E-state index in [0.29, 0.717) is 0 Å². The third kappa shape index (κ3) is 4.55. The summed E-state index contributed by atoms with van der Waals surface area (Å²) >= 11 is 1.67. The van der Waals surface area contributed by atoms with Crippen molar-refractivity contribution in [3.05, 3.63) is 29.3 Å². The van der Waals surface area contributed by atoms with Crippen LogP contribution in [0.15, 0.2) is 23.6 Å². The molecule has 0 N–H and O–H groups in total. The molecule has 26 heavy (non-hydrogen) atoms. The molecule has 2 heterocycles. The summed E-state index contributed by atoms with van der Waals surface area (Å²) in [6.07, 6.45) is 0. The second-order valence-electron chi connectivity index (χ2n) is 7.16. The molecule has 0 aliphatic carbocycles. The van der Waals surface area contributed by atoms with E-state index in [-0.39, 0.29) is 0 Å². The van der Waals surface area contributed by atoms with Gasteiger partial charge in [-0.15, -0.1) is 11.3 Å². The fourth-order valence-electron chi connectivity index (χ4n) is 3.43. The van der Waals surface area contributed by atoms with Crippen LogP contribution >= 0.6 is 11.3 Å². The van der Waals surface area contributed by atoms with Crippen molar-refractivity contribution in [2.75, 3.05) is 46.9 Å². The molecule has 5 nitrogen and oxygen atoms in total. The van der Waals surface area contributed by atoms with E-state index in [4.69, 9.17) is 14.5 Å². The first kappa shape index (κ1) is 19.1. The normalized spacial score (nSPS) is 16.2. The summed E-state index contributed by atoms with van der Waals surface area (Å²) in [5, 5.41) is 3.14. The zero-order valence-corrected chi connectivity index (χ0v) is 17.0. The fraction of sp³-hybridized carbons (Fsp3) is 0.550. The number of hydrogen-bond acceptors (Lipinski definition) is 6. The lowest BCUT2D eigenvalue weighted by atomic mass is 10.2. The number of benzene rings is 1. The quantitative estimate of drug-likeness (QED) is 0.739. The molecule has 1 aromatic carbocycles. The number of hydrogen-bond donors (Lipinski definition) is 0. The van der Waals surface area contributed by atoms with E-state index >= 15 is 0 Å². The second kappa shape index (κ2) is 8.84. The number of thiazole rings is 1. The van der Waals surface area contributed by atoms with Crippen molar-refractivity contribution in [2.45, 2.75) is 20.4 Å². The van der Waals surface area contributed by atoms with Crippen LogP contribution in [0.2, 0.25) is 0 Å². The van der Waals surface area contributed by atoms with E-state index in [1.807, 2.05) is 18.2 Å². The summed E-state index contributed by atoms with van der Waals surface area (Å²) in [5.41, 5.74) is 2.12. The third-order valence-electron chi connectivity index (χ3n) is 4.66. The highest BCUT2D eigenvalue weighted by Crippen LogP contribution is 2.39. The minimum absolute atomic E-state index is 0.737. The largest absolute Gasteiger partial charge is 0.493 e. The first-order valence-corrected chi connectivity index (χ1v) is 10.1. The van der Waals surface area contributed by atoms with Gasteiger partial charge in [-0.1, -0.05) is 19.9 Å². The van der Waals surface area contributed by atoms with Crippen molar-refractivity contribution >= 4 is 11.3 Å². The van der Waals surface area contributed by atoms with E-state index in [0.717, 1.165) is 66.4 Å². The highest BCUT2D eigenvalue weighted by atomic mass is 32.1. The highest BCUT2D eigenvalue weighted by Gasteiger charge is 2.19. The van der Waals surface area contributed by atoms with Gasteiger partial charge in [0.25, 0.3) is 0 Å². The molecule has 0 radical (unpaired) electrons. The van der Waals surface area contributed by atoms with E-state index in [1.165, 1.54) is 6.54 Å². The van der Waals surface area contributed by atoms with Gasteiger partial charge in [0.1, 0.15) is 5.01 Å². The molecule has 0 unspecified atom stereocenters. The van der Waals surface area contributed by atoms with Gasteiger partial charge in [-0.3, -0.25) is 4.90 Å². The van der Waals surface area contributed by atoms with Crippen LogP contribution in [0.5, 0.6) is 11.5 Å². The van der Waals surface area contributed by atoms with Gasteiger partial charge >= 0.3 is 0 Å². The Balaban J connectivity index is 1.64. The van der Waals surface area contributed by atoms with Crippen molar-refractivity contribution in [3.63, 3.8) is 0 Å². The van der Waals surface area contributed by atoms with Crippen LogP contribution < -0.4 is 9.47 Å². The van der Waals surface area contributed by atoms with Gasteiger partial charge < -0.3 is 14.4 Å². The van der Waals surface area contributed by atoms with Crippen molar-refractivity contribution in [3.8, 4) is 22.1 Å². The van der Waals surface area contributed by atoms with Gasteiger partial charge in [-0.2, -0.15) is 0 Å². The monoisotopic (exact) mass is 375 g/mol. The average molecular weight is 376 g/mol. The minimum atomic E-state index is 0.737. The number of ether oxygens (including phenoxy) is 2. The molecule has 0 atom stereocenters. The smallest absolute Gasteiger partial charge is 0.170 e. The summed E-state index contributed by atoms with van der Waals surface area (Å²) in [7, 11) is 3.33. The Bertz CT molecular complexity index is 709. The summed E-state index contributed by atoms with van der Waals surface area (Å²) in [6, 6.07) is 5.92. The highest BCUT2D eigenvalue weighted by molar-refractivity contribution is 7.13. The Morgan fingerprint density at radius 1 is 1.08 bits per heavy atom. The summed E-state index contributed by atoms with van der Waals surface area (Å²) in [6.45, 7) is 11.2. The van der Waals surface area contributed by atoms with Crippen molar-refractivity contribution in [1.82, 2.24) is 14.8 Å². The van der Waals surface area contributed by atoms with Crippen LogP contribution in [-0.2, 0) is 6.54 Å². The molecular weight excluding hydrogens is 346 g/mol. The van der Waals surface area contributed by atoms with Crippen LogP contribution in [0.3, 0.4) is 0 Å². The Labute approximate surface area is 160 Å². The molecule has 1 aliphatic heterocycles. The maximum absolute atomic E-state index is 5.55. The topological polar surface area (TPSA) is 37.8 Å². The van der Waals surface area contributed by atoms with Crippen molar-refractivity contribution in [1.29, 1.82) is 0 Å². The molecule has 1 aliphatic rings. The van der Waals surface area contributed by atoms with E-state index in [2.05, 4.69) is 29.0 Å². The molecule has 6 heteroatoms. The molecular formula is C20H29N3O2S. The average Bonchev–Trinajstić information content (AvgIpc) is 3.10. The van der Waals surface area contributed by atoms with Crippen LogP contribution in [0.4, 0.5) is 0 Å². The van der Waals surface area contributed by atoms with Crippen LogP contribution in [0, 0.1) is 5.92 Å². The Hall–Kier alpha value is -1.63. The first-order chi connectivity index (χ1) is 12.6. The Kier molecular flexibility index (Phi) is 6.51. The molecule has 1 saturated heterocycles. The molecule has 1 aromatic heterocycles. The van der Waals surface area contributed by atoms with Gasteiger partial charge in [0.15, 0.2) is 11.5 Å². The molecule has 1 fully saturated rings. The predicted molar refractivity (Wildman–Crippen MR) is 107 cm³/mol. The zero-order valence-electron chi connectivity index (χ0n) is 16.2. The molecule has 0 spiro atoms. The number of aromatic nitrogens is 1. The lowest BCUT2D eigenvalue weighted by Gasteiger charge is -2.35. The van der Waals surface area contributed by atoms with Crippen LogP contribution in [0.1, 0.15) is 19.5 Å². The number of piperazine rings is 1. The van der Waals surface area contributed by atoms with E-state index in [1.54, 1.807) is 25.6 Å². The van der Waals surface area contributed by atoms with E-state index in [9.17, 15) is 0 Å². The SMILES string of the molecule is COc1cccc(-c2nc(CN3CCN(CC(C)C)CC3)cs2)c1OC. The maximum atomic E-state index is 5.55. The standard InChI is InChI=1S/C20H29N3O2S/c1-15(2)12-22-8-10-23(11-9-22)13-16-14-26-20(21-16)17-6-5-7-18(24-3)19(17)25-4/h5-7,14-15H,8-13H2,1-4H3. The van der Waals surface area contributed by atoms with Crippen LogP contribution in [0.25, 0.3) is 10.6 Å². The number of methoxy groups -OCH3 is 2. The summed E-state index contributed by atoms with van der Waals surface area (Å²) < 4.78 is 11.0. The van der Waals surface area contributed by atoms with Gasteiger partial charge in [-0.05, 0) is 18.1 Å². The first-order valence-electron chi connectivity index (χ1n) is 9.21. The number of rotatable bonds is 7. The molecule has 0 saturated carbocycles. The number of nitrogens with zero attached hydrogens (tertiary/aromatic N) is 3. The van der Waals surface area contributed by atoms with Gasteiger partial charge in [-0.25, -0.2) is 4.98 Å². The summed E-state index contributed by atoms with van der Waals surface area (Å²) in [4.78, 5) is 9.92. The van der Waals surface area contributed by atoms with Crippen LogP contribution in [-0.4, -0.2) is 61.7 Å². The lowest BCUT2D eigenvalue weighted by molar-refractivity contribution is 0.116. The van der Waals surface area contributed by atoms with Gasteiger partial charge in [0.2, 0.25) is 0 Å². The number of para-hydroxylation sites is 1. The molecule has 2 aromatic rings. The van der Waals surface area contributed by atoms with E-state index < -0.39 is 0 Å². The molecule has 3 rings (SSSR count). The Morgan fingerprint density at radius 3 is 2.46 bits per heavy atom. The second-order valence-corrected chi connectivity index (χ2v) is 8.01. The summed E-state index contributed by atoms with van der Waals surface area (Å²) in [5.74, 6) is 2.22. The minimum Gasteiger partial charge on any atom is -0.493 e. The van der Waals surface area contributed by atoms with Gasteiger partial charge in [0, 0.05) is 44.6 Å². The fourth-order valence-corrected chi connectivity index (χ4v) is 4.27. The van der Waals surface area contributed by atoms with Crippen molar-refractivity contribution in [2.24, 2.45) is 5.92 Å². The molecule has 0 bridgehead atoms. The van der Waals surface area contributed by atoms with Gasteiger partial charge in [0.05, 0.1) is 25.5 Å². The maximum Gasteiger partial charge on any atom is 0.170 e. The molecule has 0 amide bonds. The molecule has 142 valence electrons.